The van der Waals surface area contributed by atoms with Crippen LogP contribution in [0.25, 0.3) is 22.3 Å². The Morgan fingerprint density at radius 2 is 1.55 bits per heavy atom. The molecular formula is C16H12Cl2N2. The van der Waals surface area contributed by atoms with E-state index in [0.717, 1.165) is 27.6 Å². The Morgan fingerprint density at radius 1 is 0.850 bits per heavy atom. The molecule has 0 N–H and O–H groups in total. The van der Waals surface area contributed by atoms with Crippen LogP contribution >= 0.6 is 23.2 Å². The van der Waals surface area contributed by atoms with Crippen molar-refractivity contribution < 1.29 is 0 Å². The summed E-state index contributed by atoms with van der Waals surface area (Å²) < 4.78 is 0. The van der Waals surface area contributed by atoms with Gasteiger partial charge in [0.15, 0.2) is 5.82 Å². The van der Waals surface area contributed by atoms with E-state index in [1.54, 1.807) is 0 Å². The van der Waals surface area contributed by atoms with Gasteiger partial charge in [0.2, 0.25) is 0 Å². The number of benzene rings is 2. The van der Waals surface area contributed by atoms with E-state index in [0.29, 0.717) is 16.0 Å². The first kappa shape index (κ1) is 13.3. The summed E-state index contributed by atoms with van der Waals surface area (Å²) in [7, 11) is 0. The zero-order valence-electron chi connectivity index (χ0n) is 11.1. The summed E-state index contributed by atoms with van der Waals surface area (Å²) in [5.74, 6) is 0.557. The van der Waals surface area contributed by atoms with Crippen LogP contribution in [0.15, 0.2) is 36.4 Å². The molecule has 1 heterocycles. The number of fused-ring (bicyclic) bond motifs is 1. The molecule has 0 atom stereocenters. The molecule has 20 heavy (non-hydrogen) atoms. The van der Waals surface area contributed by atoms with Crippen molar-refractivity contribution in [3.63, 3.8) is 0 Å². The normalized spacial score (nSPS) is 11.0. The van der Waals surface area contributed by atoms with Gasteiger partial charge < -0.3 is 0 Å². The third-order valence-corrected chi connectivity index (χ3v) is 4.10. The SMILES string of the molecule is Cc1cccc(-c2nc(Cl)c3c(C)cccc3n2)c1Cl. The molecule has 3 rings (SSSR count). The van der Waals surface area contributed by atoms with Crippen molar-refractivity contribution in [1.82, 2.24) is 9.97 Å². The molecule has 0 aliphatic rings. The van der Waals surface area contributed by atoms with Gasteiger partial charge in [-0.3, -0.25) is 0 Å². The van der Waals surface area contributed by atoms with Gasteiger partial charge in [0.1, 0.15) is 5.15 Å². The lowest BCUT2D eigenvalue weighted by molar-refractivity contribution is 1.22. The monoisotopic (exact) mass is 302 g/mol. The average Bonchev–Trinajstić information content (AvgIpc) is 2.41. The lowest BCUT2D eigenvalue weighted by Gasteiger charge is -2.09. The summed E-state index contributed by atoms with van der Waals surface area (Å²) in [5, 5.41) is 2.01. The van der Waals surface area contributed by atoms with Crippen molar-refractivity contribution in [2.24, 2.45) is 0 Å². The summed E-state index contributed by atoms with van der Waals surface area (Å²) in [5.41, 5.74) is 3.69. The van der Waals surface area contributed by atoms with Gasteiger partial charge in [-0.05, 0) is 37.1 Å². The van der Waals surface area contributed by atoms with Gasteiger partial charge in [-0.25, -0.2) is 9.97 Å². The van der Waals surface area contributed by atoms with Crippen LogP contribution in [-0.2, 0) is 0 Å². The Kier molecular flexibility index (Phi) is 3.36. The molecule has 0 aliphatic carbocycles. The summed E-state index contributed by atoms with van der Waals surface area (Å²) in [6.07, 6.45) is 0. The zero-order chi connectivity index (χ0) is 14.3. The Hall–Kier alpha value is -1.64. The smallest absolute Gasteiger partial charge is 0.163 e. The number of hydrogen-bond donors (Lipinski definition) is 0. The summed E-state index contributed by atoms with van der Waals surface area (Å²) >= 11 is 12.7. The van der Waals surface area contributed by atoms with Gasteiger partial charge in [-0.1, -0.05) is 47.5 Å². The van der Waals surface area contributed by atoms with Crippen LogP contribution in [-0.4, -0.2) is 9.97 Å². The predicted molar refractivity (Wildman–Crippen MR) is 84.5 cm³/mol. The Bertz CT molecular complexity index is 813. The van der Waals surface area contributed by atoms with E-state index >= 15 is 0 Å². The topological polar surface area (TPSA) is 25.8 Å². The Balaban J connectivity index is 2.31. The molecule has 0 unspecified atom stereocenters. The molecule has 3 aromatic rings. The van der Waals surface area contributed by atoms with E-state index in [4.69, 9.17) is 23.2 Å². The lowest BCUT2D eigenvalue weighted by Crippen LogP contribution is -1.94. The van der Waals surface area contributed by atoms with Crippen molar-refractivity contribution in [2.75, 3.05) is 0 Å². The highest BCUT2D eigenvalue weighted by molar-refractivity contribution is 6.35. The number of rotatable bonds is 1. The molecule has 0 fully saturated rings. The first-order valence-electron chi connectivity index (χ1n) is 6.26. The van der Waals surface area contributed by atoms with Crippen LogP contribution in [0.3, 0.4) is 0 Å². The van der Waals surface area contributed by atoms with E-state index in [9.17, 15) is 0 Å². The first-order valence-corrected chi connectivity index (χ1v) is 7.02. The molecule has 0 amide bonds. The van der Waals surface area contributed by atoms with Crippen LogP contribution in [0.4, 0.5) is 0 Å². The molecule has 1 aromatic heterocycles. The Labute approximate surface area is 127 Å². The zero-order valence-corrected chi connectivity index (χ0v) is 12.6. The summed E-state index contributed by atoms with van der Waals surface area (Å²) in [4.78, 5) is 8.99. The molecule has 0 saturated heterocycles. The second-order valence-corrected chi connectivity index (χ2v) is 5.48. The number of halogens is 2. The molecule has 4 heteroatoms. The van der Waals surface area contributed by atoms with Crippen LogP contribution < -0.4 is 0 Å². The van der Waals surface area contributed by atoms with Crippen LogP contribution in [0, 0.1) is 13.8 Å². The second kappa shape index (κ2) is 5.04. The average molecular weight is 303 g/mol. The number of aryl methyl sites for hydroxylation is 2. The van der Waals surface area contributed by atoms with Crippen molar-refractivity contribution in [3.05, 3.63) is 57.7 Å². The van der Waals surface area contributed by atoms with E-state index in [-0.39, 0.29) is 0 Å². The fourth-order valence-corrected chi connectivity index (χ4v) is 2.78. The van der Waals surface area contributed by atoms with Crippen LogP contribution in [0.5, 0.6) is 0 Å². The number of hydrogen-bond acceptors (Lipinski definition) is 2. The Morgan fingerprint density at radius 3 is 2.35 bits per heavy atom. The maximum absolute atomic E-state index is 6.34. The lowest BCUT2D eigenvalue weighted by atomic mass is 10.1. The van der Waals surface area contributed by atoms with Gasteiger partial charge in [0.05, 0.1) is 10.5 Å². The second-order valence-electron chi connectivity index (χ2n) is 4.74. The fourth-order valence-electron chi connectivity index (χ4n) is 2.24. The van der Waals surface area contributed by atoms with Gasteiger partial charge >= 0.3 is 0 Å². The van der Waals surface area contributed by atoms with E-state index < -0.39 is 0 Å². The number of aromatic nitrogens is 2. The van der Waals surface area contributed by atoms with Gasteiger partial charge in [0, 0.05) is 10.9 Å². The molecule has 2 aromatic carbocycles. The van der Waals surface area contributed by atoms with E-state index in [1.807, 2.05) is 50.2 Å². The maximum atomic E-state index is 6.34. The number of nitrogens with zero attached hydrogens (tertiary/aromatic N) is 2. The summed E-state index contributed by atoms with van der Waals surface area (Å²) in [6.45, 7) is 3.95. The van der Waals surface area contributed by atoms with Crippen LogP contribution in [0.1, 0.15) is 11.1 Å². The molecular weight excluding hydrogens is 291 g/mol. The quantitative estimate of drug-likeness (QED) is 0.576. The minimum Gasteiger partial charge on any atom is -0.228 e. The summed E-state index contributed by atoms with van der Waals surface area (Å²) in [6, 6.07) is 11.7. The fraction of sp³-hybridized carbons (Fsp3) is 0.125. The first-order chi connectivity index (χ1) is 9.58. The standard InChI is InChI=1S/C16H12Cl2N2/c1-9-5-4-8-12-13(9)15(18)20-16(19-12)11-7-3-6-10(2)14(11)17/h3-8H,1-2H3. The van der Waals surface area contributed by atoms with Crippen LogP contribution in [0.2, 0.25) is 10.2 Å². The van der Waals surface area contributed by atoms with Crippen molar-refractivity contribution in [2.45, 2.75) is 13.8 Å². The molecule has 2 nitrogen and oxygen atoms in total. The van der Waals surface area contributed by atoms with Gasteiger partial charge in [-0.2, -0.15) is 0 Å². The minimum atomic E-state index is 0.459. The predicted octanol–water partition coefficient (Wildman–Crippen LogP) is 5.22. The van der Waals surface area contributed by atoms with Gasteiger partial charge in [-0.15, -0.1) is 0 Å². The molecule has 0 bridgehead atoms. The third-order valence-electron chi connectivity index (χ3n) is 3.32. The molecule has 0 radical (unpaired) electrons. The highest BCUT2D eigenvalue weighted by atomic mass is 35.5. The molecule has 0 saturated carbocycles. The molecule has 0 aliphatic heterocycles. The van der Waals surface area contributed by atoms with Crippen molar-refractivity contribution >= 4 is 34.1 Å². The largest absolute Gasteiger partial charge is 0.228 e. The highest BCUT2D eigenvalue weighted by Gasteiger charge is 2.12. The molecule has 0 spiro atoms. The minimum absolute atomic E-state index is 0.459. The van der Waals surface area contributed by atoms with E-state index in [2.05, 4.69) is 9.97 Å². The van der Waals surface area contributed by atoms with Crippen molar-refractivity contribution in [1.29, 1.82) is 0 Å². The maximum Gasteiger partial charge on any atom is 0.163 e. The highest BCUT2D eigenvalue weighted by Crippen LogP contribution is 2.31. The van der Waals surface area contributed by atoms with Gasteiger partial charge in [0.25, 0.3) is 0 Å². The van der Waals surface area contributed by atoms with E-state index in [1.165, 1.54) is 0 Å². The third kappa shape index (κ3) is 2.15. The van der Waals surface area contributed by atoms with Crippen molar-refractivity contribution in [3.8, 4) is 11.4 Å². The molecule has 100 valence electrons.